The normalized spacial score (nSPS) is 15.0. The van der Waals surface area contributed by atoms with Crippen LogP contribution < -0.4 is 0 Å². The van der Waals surface area contributed by atoms with Crippen molar-refractivity contribution in [3.8, 4) is 0 Å². The number of Topliss-reactive ketones (excluding diaryl/α,β-unsaturated/α-hetero) is 1. The number of hydrogen-bond donors (Lipinski definition) is 4. The zero-order valence-electron chi connectivity index (χ0n) is 56.6. The van der Waals surface area contributed by atoms with Gasteiger partial charge >= 0.3 is 35.8 Å². The Hall–Kier alpha value is -3.39. The van der Waals surface area contributed by atoms with Crippen molar-refractivity contribution in [3.63, 3.8) is 0 Å². The molecule has 4 N–H and O–H groups in total. The van der Waals surface area contributed by atoms with Crippen LogP contribution in [-0.2, 0) is 47.8 Å². The summed E-state index contributed by atoms with van der Waals surface area (Å²) < 4.78 is 15.7. The summed E-state index contributed by atoms with van der Waals surface area (Å²) in [5.74, 6) is -4.77. The van der Waals surface area contributed by atoms with Gasteiger partial charge in [-0.05, 0) is 50.9 Å². The monoisotopic (exact) mass is 1250 g/mol. The van der Waals surface area contributed by atoms with Crippen molar-refractivity contribution in [3.05, 3.63) is 0 Å². The average Bonchev–Trinajstić information content (AvgIpc) is 2.95. The first-order chi connectivity index (χ1) is 42.8. The van der Waals surface area contributed by atoms with Crippen LogP contribution in [0.2, 0.25) is 0 Å². The number of ether oxygens (including phenoxy) is 3. The van der Waals surface area contributed by atoms with Gasteiger partial charge in [0.25, 0.3) is 5.78 Å². The fourth-order valence-corrected chi connectivity index (χ4v) is 13.4. The Kier molecular flexibility index (Phi) is 55.1. The first kappa shape index (κ1) is 82.6. The van der Waals surface area contributed by atoms with E-state index in [0.717, 1.165) is 148 Å². The zero-order valence-corrected chi connectivity index (χ0v) is 56.6. The molecule has 0 bridgehead atoms. The van der Waals surface area contributed by atoms with Gasteiger partial charge in [-0.15, -0.1) is 0 Å². The molecule has 0 spiro atoms. The molecule has 2 unspecified atom stereocenters. The number of carboxylic acid groups (broad SMARTS) is 2. The topological polar surface area (TPSA) is 228 Å². The number of rotatable bonds is 67. The van der Waals surface area contributed by atoms with Crippen LogP contribution in [0.5, 0.6) is 0 Å². The second-order valence-electron chi connectivity index (χ2n) is 26.8. The number of aliphatic carboxylic acids is 2. The van der Waals surface area contributed by atoms with Crippen LogP contribution in [0.25, 0.3) is 0 Å². The second kappa shape index (κ2) is 58.7. The van der Waals surface area contributed by atoms with Gasteiger partial charge in [-0.1, -0.05) is 322 Å². The lowest BCUT2D eigenvalue weighted by Crippen LogP contribution is -2.41. The first-order valence-electron chi connectivity index (χ1n) is 37.2. The highest BCUT2D eigenvalue weighted by atomic mass is 16.6. The molecule has 1 saturated heterocycles. The molecule has 514 valence electrons. The van der Waals surface area contributed by atoms with E-state index in [1.165, 1.54) is 212 Å². The van der Waals surface area contributed by atoms with Crippen LogP contribution in [-0.4, -0.2) is 86.9 Å². The Bertz CT molecular complexity index is 1690. The van der Waals surface area contributed by atoms with Crippen LogP contribution >= 0.6 is 0 Å². The maximum Gasteiger partial charge on any atom is 0.379 e. The Morgan fingerprint density at radius 3 is 1.01 bits per heavy atom. The first-order valence-corrected chi connectivity index (χ1v) is 37.2. The summed E-state index contributed by atoms with van der Waals surface area (Å²) in [6, 6.07) is 0. The summed E-state index contributed by atoms with van der Waals surface area (Å²) in [4.78, 5) is 85.2. The Balaban J connectivity index is 2.86. The summed E-state index contributed by atoms with van der Waals surface area (Å²) in [7, 11) is 0. The van der Waals surface area contributed by atoms with Crippen molar-refractivity contribution in [2.75, 3.05) is 6.61 Å². The standard InChI is InChI=1S/C74H134O14/c1-3-4-5-6-7-8-9-13-20-27-34-41-48-55-64(56-49-42-35-28-21-14-10-17-24-31-38-45-52-59-68(82)87-71-69(83)72(84)88-70(71)65(77)62-75)74(73(85)86-63(2)76,60-53-46-39-32-25-18-11-15-22-29-36-43-50-57-66(78)79)61-54-47-40-33-26-19-12-16-23-30-37-44-51-58-67(80)81/h64-65,70-71,75,77H,3-62H2,1-2H3,(H,78,79)(H,80,81)/t64?,65-,70+,71?/m0/s1. The number of ketones is 1. The van der Waals surface area contributed by atoms with Crippen molar-refractivity contribution in [2.45, 2.75) is 411 Å². The van der Waals surface area contributed by atoms with E-state index in [0.29, 0.717) is 6.42 Å². The molecule has 0 amide bonds. The molecule has 1 fully saturated rings. The quantitative estimate of drug-likeness (QED) is 0.0146. The maximum atomic E-state index is 14.8. The van der Waals surface area contributed by atoms with Gasteiger partial charge in [-0.2, -0.15) is 0 Å². The third-order valence-corrected chi connectivity index (χ3v) is 18.9. The van der Waals surface area contributed by atoms with Crippen molar-refractivity contribution in [2.24, 2.45) is 11.3 Å². The highest BCUT2D eigenvalue weighted by Crippen LogP contribution is 2.46. The van der Waals surface area contributed by atoms with Gasteiger partial charge in [0.1, 0.15) is 6.10 Å². The molecule has 0 saturated carbocycles. The smallest absolute Gasteiger partial charge is 0.379 e. The summed E-state index contributed by atoms with van der Waals surface area (Å²) in [5.41, 5.74) is -0.651. The highest BCUT2D eigenvalue weighted by Gasteiger charge is 2.50. The van der Waals surface area contributed by atoms with Crippen LogP contribution in [0.15, 0.2) is 0 Å². The van der Waals surface area contributed by atoms with Gasteiger partial charge < -0.3 is 34.6 Å². The number of unbranched alkanes of at least 4 members (excludes halogenated alkanes) is 48. The minimum Gasteiger partial charge on any atom is -0.481 e. The third-order valence-electron chi connectivity index (χ3n) is 18.9. The lowest BCUT2D eigenvalue weighted by Gasteiger charge is -2.39. The van der Waals surface area contributed by atoms with E-state index in [1.807, 2.05) is 0 Å². The number of cyclic esters (lactones) is 1. The Labute approximate surface area is 536 Å². The summed E-state index contributed by atoms with van der Waals surface area (Å²) >= 11 is 0. The number of carbonyl (C=O) groups is 7. The largest absolute Gasteiger partial charge is 0.481 e. The number of aliphatic hydroxyl groups is 2. The highest BCUT2D eigenvalue weighted by molar-refractivity contribution is 6.37. The molecule has 0 aliphatic carbocycles. The van der Waals surface area contributed by atoms with E-state index in [9.17, 15) is 43.8 Å². The molecule has 1 rings (SSSR count). The number of carbonyl (C=O) groups excluding carboxylic acids is 5. The summed E-state index contributed by atoms with van der Waals surface area (Å²) in [6.45, 7) is 2.95. The molecule has 14 heteroatoms. The van der Waals surface area contributed by atoms with Gasteiger partial charge in [0.2, 0.25) is 6.10 Å². The van der Waals surface area contributed by atoms with Crippen LogP contribution in [0.4, 0.5) is 0 Å². The molecule has 0 aromatic carbocycles. The second-order valence-corrected chi connectivity index (χ2v) is 26.8. The van der Waals surface area contributed by atoms with Gasteiger partial charge in [-0.25, -0.2) is 4.79 Å². The maximum absolute atomic E-state index is 14.8. The van der Waals surface area contributed by atoms with E-state index in [2.05, 4.69) is 6.92 Å². The number of hydrogen-bond acceptors (Lipinski definition) is 12. The fourth-order valence-electron chi connectivity index (χ4n) is 13.4. The van der Waals surface area contributed by atoms with Crippen molar-refractivity contribution < 1.29 is 68.2 Å². The van der Waals surface area contributed by atoms with Gasteiger partial charge in [0.05, 0.1) is 12.0 Å². The lowest BCUT2D eigenvalue weighted by molar-refractivity contribution is -0.170. The molecule has 1 aliphatic heterocycles. The molecule has 0 aromatic rings. The molecule has 1 heterocycles. The molecule has 1 aliphatic rings. The summed E-state index contributed by atoms with van der Waals surface area (Å²) in [5, 5.41) is 36.9. The molecule has 0 radical (unpaired) electrons. The minimum absolute atomic E-state index is 0.101. The van der Waals surface area contributed by atoms with E-state index < -0.39 is 66.0 Å². The van der Waals surface area contributed by atoms with Crippen molar-refractivity contribution in [1.82, 2.24) is 0 Å². The Morgan fingerprint density at radius 2 is 0.716 bits per heavy atom. The number of esters is 4. The predicted molar refractivity (Wildman–Crippen MR) is 354 cm³/mol. The van der Waals surface area contributed by atoms with Gasteiger partial charge in [-0.3, -0.25) is 28.8 Å². The molecular weight excluding hydrogens is 1110 g/mol. The summed E-state index contributed by atoms with van der Waals surface area (Å²) in [6.07, 6.45) is 60.4. The molecule has 4 atom stereocenters. The van der Waals surface area contributed by atoms with Crippen molar-refractivity contribution in [1.29, 1.82) is 0 Å². The van der Waals surface area contributed by atoms with Gasteiger partial charge in [0.15, 0.2) is 6.10 Å². The predicted octanol–water partition coefficient (Wildman–Crippen LogP) is 19.6. The van der Waals surface area contributed by atoms with Gasteiger partial charge in [0, 0.05) is 26.2 Å². The zero-order chi connectivity index (χ0) is 64.4. The van der Waals surface area contributed by atoms with Crippen LogP contribution in [0, 0.1) is 11.3 Å². The molecule has 0 aromatic heterocycles. The lowest BCUT2D eigenvalue weighted by atomic mass is 9.65. The van der Waals surface area contributed by atoms with E-state index >= 15 is 0 Å². The molecule has 88 heavy (non-hydrogen) atoms. The molecule has 14 nitrogen and oxygen atoms in total. The SMILES string of the molecule is CCCCCCCCCCCCCCCC(CCCCCCCCCCCCCCCC(=O)OC1C(=O)C(=O)O[C@@H]1[C@@H](O)CO)C(CCCCCCCCCCCCCCCC(=O)O)(CCCCCCCCCCCCCCCC(=O)O)C(=O)OC(C)=O. The van der Waals surface area contributed by atoms with Crippen LogP contribution in [0.1, 0.15) is 393 Å². The fraction of sp³-hybridized carbons (Fsp3) is 0.905. The minimum atomic E-state index is -1.53. The number of aliphatic hydroxyl groups excluding tert-OH is 2. The molecular formula is C74H134O14. The van der Waals surface area contributed by atoms with E-state index in [1.54, 1.807) is 0 Å². The Morgan fingerprint density at radius 1 is 0.432 bits per heavy atom. The van der Waals surface area contributed by atoms with Crippen molar-refractivity contribution >= 4 is 41.6 Å². The van der Waals surface area contributed by atoms with Crippen LogP contribution in [0.3, 0.4) is 0 Å². The van der Waals surface area contributed by atoms with E-state index in [4.69, 9.17) is 24.4 Å². The number of carboxylic acids is 2. The third kappa shape index (κ3) is 45.8. The average molecular weight is 1250 g/mol. The van der Waals surface area contributed by atoms with E-state index in [-0.39, 0.29) is 31.1 Å².